The summed E-state index contributed by atoms with van der Waals surface area (Å²) in [5, 5.41) is 6.90. The molecule has 4 nitrogen and oxygen atoms in total. The van der Waals surface area contributed by atoms with Crippen molar-refractivity contribution >= 4 is 5.96 Å². The number of nitrogens with zero attached hydrogens (tertiary/aromatic N) is 2. The molecule has 2 rings (SSSR count). The summed E-state index contributed by atoms with van der Waals surface area (Å²) in [4.78, 5) is 7.20. The Morgan fingerprint density at radius 2 is 2.12 bits per heavy atom. The Morgan fingerprint density at radius 3 is 2.73 bits per heavy atom. The standard InChI is InChI=1S/C21H33FN4/c1-5-12-26-13-10-19(11-14-26)25-20(23-6-2)24-16-21(3,4)17-8-7-9-18(22)15-17/h5,7-9,15,19H,1,6,10-14,16H2,2-4H3,(H2,23,24,25). The number of halogens is 1. The number of aliphatic imine (C=N–C) groups is 1. The van der Waals surface area contributed by atoms with E-state index in [1.165, 1.54) is 6.07 Å². The summed E-state index contributed by atoms with van der Waals surface area (Å²) in [5.41, 5.74) is 0.743. The van der Waals surface area contributed by atoms with Gasteiger partial charge < -0.3 is 10.6 Å². The Hall–Kier alpha value is -1.88. The van der Waals surface area contributed by atoms with Crippen LogP contribution in [-0.4, -0.2) is 49.6 Å². The highest BCUT2D eigenvalue weighted by atomic mass is 19.1. The van der Waals surface area contributed by atoms with E-state index in [9.17, 15) is 4.39 Å². The molecule has 1 heterocycles. The van der Waals surface area contributed by atoms with Gasteiger partial charge in [-0.25, -0.2) is 4.39 Å². The summed E-state index contributed by atoms with van der Waals surface area (Å²) < 4.78 is 13.5. The molecule has 0 radical (unpaired) electrons. The predicted octanol–water partition coefficient (Wildman–Crippen LogP) is 3.31. The number of hydrogen-bond donors (Lipinski definition) is 2. The zero-order chi connectivity index (χ0) is 19.0. The summed E-state index contributed by atoms with van der Waals surface area (Å²) in [6.45, 7) is 14.6. The third-order valence-electron chi connectivity index (χ3n) is 4.90. The van der Waals surface area contributed by atoms with Crippen LogP contribution in [0, 0.1) is 5.82 Å². The lowest BCUT2D eigenvalue weighted by molar-refractivity contribution is 0.225. The number of nitrogens with one attached hydrogen (secondary N) is 2. The summed E-state index contributed by atoms with van der Waals surface area (Å²) in [6.07, 6.45) is 4.17. The molecule has 0 aromatic heterocycles. The Morgan fingerprint density at radius 1 is 1.38 bits per heavy atom. The van der Waals surface area contributed by atoms with E-state index in [4.69, 9.17) is 4.99 Å². The molecule has 0 aliphatic carbocycles. The van der Waals surface area contributed by atoms with E-state index < -0.39 is 0 Å². The fourth-order valence-corrected chi connectivity index (χ4v) is 3.23. The van der Waals surface area contributed by atoms with Gasteiger partial charge in [0.1, 0.15) is 5.82 Å². The van der Waals surface area contributed by atoms with Crippen LogP contribution in [0.15, 0.2) is 41.9 Å². The predicted molar refractivity (Wildman–Crippen MR) is 108 cm³/mol. The zero-order valence-corrected chi connectivity index (χ0v) is 16.4. The average Bonchev–Trinajstić information content (AvgIpc) is 2.62. The molecule has 0 spiro atoms. The third-order valence-corrected chi connectivity index (χ3v) is 4.90. The molecule has 1 aromatic rings. The summed E-state index contributed by atoms with van der Waals surface area (Å²) in [6, 6.07) is 7.25. The molecule has 5 heteroatoms. The van der Waals surface area contributed by atoms with Crippen LogP contribution < -0.4 is 10.6 Å². The van der Waals surface area contributed by atoms with Crippen molar-refractivity contribution in [1.82, 2.24) is 15.5 Å². The van der Waals surface area contributed by atoms with Gasteiger partial charge in [-0.2, -0.15) is 0 Å². The van der Waals surface area contributed by atoms with Crippen molar-refractivity contribution in [3.8, 4) is 0 Å². The normalized spacial score (nSPS) is 17.2. The molecule has 0 bridgehead atoms. The SMILES string of the molecule is C=CCN1CCC(NC(=NCC(C)(C)c2cccc(F)c2)NCC)CC1. The number of piperidine rings is 1. The Labute approximate surface area is 157 Å². The van der Waals surface area contributed by atoms with Crippen molar-refractivity contribution in [2.75, 3.05) is 32.7 Å². The first-order valence-corrected chi connectivity index (χ1v) is 9.58. The van der Waals surface area contributed by atoms with Gasteiger partial charge in [-0.3, -0.25) is 9.89 Å². The maximum Gasteiger partial charge on any atom is 0.191 e. The highest BCUT2D eigenvalue weighted by Crippen LogP contribution is 2.24. The fourth-order valence-electron chi connectivity index (χ4n) is 3.23. The second-order valence-corrected chi connectivity index (χ2v) is 7.60. The summed E-state index contributed by atoms with van der Waals surface area (Å²) in [7, 11) is 0. The first-order chi connectivity index (χ1) is 12.4. The number of rotatable bonds is 7. The monoisotopic (exact) mass is 360 g/mol. The van der Waals surface area contributed by atoms with Gasteiger partial charge in [0.15, 0.2) is 5.96 Å². The average molecular weight is 361 g/mol. The van der Waals surface area contributed by atoms with Gasteiger partial charge in [-0.15, -0.1) is 6.58 Å². The minimum Gasteiger partial charge on any atom is -0.357 e. The lowest BCUT2D eigenvalue weighted by atomic mass is 9.85. The van der Waals surface area contributed by atoms with Gasteiger partial charge in [0.2, 0.25) is 0 Å². The molecule has 0 saturated carbocycles. The largest absolute Gasteiger partial charge is 0.357 e. The van der Waals surface area contributed by atoms with E-state index in [2.05, 4.69) is 42.9 Å². The molecular formula is C21H33FN4. The Kier molecular flexibility index (Phi) is 7.64. The van der Waals surface area contributed by atoms with Crippen molar-refractivity contribution in [3.05, 3.63) is 48.3 Å². The number of benzene rings is 1. The van der Waals surface area contributed by atoms with E-state index in [0.717, 1.165) is 50.5 Å². The highest BCUT2D eigenvalue weighted by Gasteiger charge is 2.22. The van der Waals surface area contributed by atoms with Crippen LogP contribution in [0.1, 0.15) is 39.2 Å². The lowest BCUT2D eigenvalue weighted by Gasteiger charge is -2.32. The quantitative estimate of drug-likeness (QED) is 0.445. The van der Waals surface area contributed by atoms with Gasteiger partial charge in [-0.1, -0.05) is 32.1 Å². The van der Waals surface area contributed by atoms with Gasteiger partial charge >= 0.3 is 0 Å². The molecule has 1 aliphatic rings. The lowest BCUT2D eigenvalue weighted by Crippen LogP contribution is -2.49. The van der Waals surface area contributed by atoms with Crippen LogP contribution in [0.5, 0.6) is 0 Å². The highest BCUT2D eigenvalue weighted by molar-refractivity contribution is 5.80. The van der Waals surface area contributed by atoms with Crippen LogP contribution in [0.2, 0.25) is 0 Å². The molecule has 26 heavy (non-hydrogen) atoms. The molecular weight excluding hydrogens is 327 g/mol. The Balaban J connectivity index is 1.96. The minimum atomic E-state index is -0.224. The maximum absolute atomic E-state index is 13.5. The molecule has 2 N–H and O–H groups in total. The zero-order valence-electron chi connectivity index (χ0n) is 16.4. The third kappa shape index (κ3) is 6.13. The van der Waals surface area contributed by atoms with E-state index >= 15 is 0 Å². The first-order valence-electron chi connectivity index (χ1n) is 9.58. The van der Waals surface area contributed by atoms with E-state index in [-0.39, 0.29) is 11.2 Å². The van der Waals surface area contributed by atoms with Crippen molar-refractivity contribution in [2.24, 2.45) is 4.99 Å². The maximum atomic E-state index is 13.5. The van der Waals surface area contributed by atoms with E-state index in [1.807, 2.05) is 12.1 Å². The molecule has 0 unspecified atom stereocenters. The van der Waals surface area contributed by atoms with Crippen LogP contribution in [-0.2, 0) is 5.41 Å². The molecule has 1 saturated heterocycles. The first kappa shape index (κ1) is 20.4. The van der Waals surface area contributed by atoms with Crippen molar-refractivity contribution in [2.45, 2.75) is 45.1 Å². The van der Waals surface area contributed by atoms with Gasteiger partial charge in [0.25, 0.3) is 0 Å². The molecule has 0 atom stereocenters. The molecule has 144 valence electrons. The van der Waals surface area contributed by atoms with Crippen LogP contribution >= 0.6 is 0 Å². The van der Waals surface area contributed by atoms with Crippen molar-refractivity contribution in [3.63, 3.8) is 0 Å². The minimum absolute atomic E-state index is 0.198. The number of guanidine groups is 1. The fraction of sp³-hybridized carbons (Fsp3) is 0.571. The summed E-state index contributed by atoms with van der Waals surface area (Å²) in [5.74, 6) is 0.648. The van der Waals surface area contributed by atoms with E-state index in [1.54, 1.807) is 12.1 Å². The van der Waals surface area contributed by atoms with Crippen molar-refractivity contribution in [1.29, 1.82) is 0 Å². The van der Waals surface area contributed by atoms with Crippen LogP contribution in [0.3, 0.4) is 0 Å². The number of hydrogen-bond acceptors (Lipinski definition) is 2. The topological polar surface area (TPSA) is 39.7 Å². The number of likely N-dealkylation sites (tertiary alicyclic amines) is 1. The van der Waals surface area contributed by atoms with Gasteiger partial charge in [0, 0.05) is 37.6 Å². The van der Waals surface area contributed by atoms with E-state index in [0.29, 0.717) is 12.6 Å². The molecule has 1 aliphatic heterocycles. The summed E-state index contributed by atoms with van der Waals surface area (Å²) >= 11 is 0. The smallest absolute Gasteiger partial charge is 0.191 e. The second kappa shape index (κ2) is 9.72. The van der Waals surface area contributed by atoms with Crippen LogP contribution in [0.25, 0.3) is 0 Å². The molecule has 1 fully saturated rings. The van der Waals surface area contributed by atoms with Crippen molar-refractivity contribution < 1.29 is 4.39 Å². The van der Waals surface area contributed by atoms with Gasteiger partial charge in [0.05, 0.1) is 6.54 Å². The van der Waals surface area contributed by atoms with Crippen LogP contribution in [0.4, 0.5) is 4.39 Å². The molecule has 0 amide bonds. The van der Waals surface area contributed by atoms with Gasteiger partial charge in [-0.05, 0) is 37.5 Å². The Bertz CT molecular complexity index is 604. The molecule has 1 aromatic carbocycles. The second-order valence-electron chi connectivity index (χ2n) is 7.60.